The molecule has 0 aliphatic carbocycles. The second-order valence-corrected chi connectivity index (χ2v) is 10.4. The van der Waals surface area contributed by atoms with E-state index in [2.05, 4.69) is 20.8 Å². The molecule has 0 unspecified atom stereocenters. The Morgan fingerprint density at radius 3 is 1.57 bits per heavy atom. The van der Waals surface area contributed by atoms with Gasteiger partial charge in [-0.05, 0) is 61.4 Å². The van der Waals surface area contributed by atoms with Gasteiger partial charge in [-0.15, -0.1) is 0 Å². The molecule has 8 nitrogen and oxygen atoms in total. The van der Waals surface area contributed by atoms with Gasteiger partial charge in [0.2, 0.25) is 20.0 Å². The maximum Gasteiger partial charge on any atom is 0.238 e. The number of hydrogen-bond donors (Lipinski definition) is 3. The van der Waals surface area contributed by atoms with E-state index in [1.165, 1.54) is 12.1 Å². The van der Waals surface area contributed by atoms with Crippen LogP contribution in [0.1, 0.15) is 12.8 Å². The molecule has 2 aromatic carbocycles. The van der Waals surface area contributed by atoms with E-state index < -0.39 is 20.0 Å². The molecule has 0 saturated carbocycles. The molecule has 28 heavy (non-hydrogen) atoms. The average Bonchev–Trinajstić information content (AvgIpc) is 2.62. The second-order valence-electron chi connectivity index (χ2n) is 6.36. The second kappa shape index (κ2) is 9.33. The predicted molar refractivity (Wildman–Crippen MR) is 113 cm³/mol. The fourth-order valence-corrected chi connectivity index (χ4v) is 3.92. The highest BCUT2D eigenvalue weighted by molar-refractivity contribution is 9.10. The Kier molecular flexibility index (Phi) is 7.59. The van der Waals surface area contributed by atoms with Gasteiger partial charge in [0, 0.05) is 29.3 Å². The maximum atomic E-state index is 11.1. The topological polar surface area (TPSA) is 150 Å². The molecule has 1 aliphatic heterocycles. The molecule has 0 aromatic heterocycles. The standard InChI is InChI=1S/C11H17N3O2S.C6H6BrNO2S/c12-9-5-7-14(8-6-9)10-1-3-11(4-2-10)17(13,15)16;7-5-1-3-6(4-2-5)11(8,9)10/h1-4,9H,5-8,12H2,(H2,13,15,16);1-4H,(H2,8,9,10). The predicted octanol–water partition coefficient (Wildman–Crippen LogP) is 1.36. The Bertz CT molecular complexity index is 986. The lowest BCUT2D eigenvalue weighted by molar-refractivity contribution is 0.501. The number of rotatable bonds is 3. The highest BCUT2D eigenvalue weighted by atomic mass is 79.9. The van der Waals surface area contributed by atoms with Crippen LogP contribution in [0.5, 0.6) is 0 Å². The van der Waals surface area contributed by atoms with Gasteiger partial charge in [-0.3, -0.25) is 0 Å². The summed E-state index contributed by atoms with van der Waals surface area (Å²) in [4.78, 5) is 2.48. The van der Waals surface area contributed by atoms with Crippen molar-refractivity contribution in [2.45, 2.75) is 28.7 Å². The van der Waals surface area contributed by atoms with E-state index >= 15 is 0 Å². The van der Waals surface area contributed by atoms with Gasteiger partial charge in [0.1, 0.15) is 0 Å². The molecule has 0 amide bonds. The fourth-order valence-electron chi connectivity index (χ4n) is 2.63. The number of sulfonamides is 2. The zero-order valence-electron chi connectivity index (χ0n) is 15.0. The molecule has 1 saturated heterocycles. The Balaban J connectivity index is 0.000000221. The van der Waals surface area contributed by atoms with Crippen LogP contribution >= 0.6 is 15.9 Å². The number of nitrogens with zero attached hydrogens (tertiary/aromatic N) is 1. The van der Waals surface area contributed by atoms with E-state index in [-0.39, 0.29) is 15.8 Å². The summed E-state index contributed by atoms with van der Waals surface area (Å²) in [5.41, 5.74) is 6.85. The van der Waals surface area contributed by atoms with Crippen LogP contribution < -0.4 is 20.9 Å². The molecule has 6 N–H and O–H groups in total. The van der Waals surface area contributed by atoms with Gasteiger partial charge < -0.3 is 10.6 Å². The molecular formula is C17H23BrN4O4S2. The van der Waals surface area contributed by atoms with Crippen LogP contribution in [0.25, 0.3) is 0 Å². The lowest BCUT2D eigenvalue weighted by Gasteiger charge is -2.32. The van der Waals surface area contributed by atoms with E-state index in [9.17, 15) is 16.8 Å². The smallest absolute Gasteiger partial charge is 0.238 e. The highest BCUT2D eigenvalue weighted by Crippen LogP contribution is 2.21. The molecule has 3 rings (SSSR count). The number of hydrogen-bond acceptors (Lipinski definition) is 6. The molecule has 2 aromatic rings. The number of benzene rings is 2. The van der Waals surface area contributed by atoms with Crippen molar-refractivity contribution in [3.8, 4) is 0 Å². The van der Waals surface area contributed by atoms with Crippen molar-refractivity contribution in [3.63, 3.8) is 0 Å². The van der Waals surface area contributed by atoms with Gasteiger partial charge >= 0.3 is 0 Å². The Hall–Kier alpha value is -1.50. The molecule has 0 atom stereocenters. The van der Waals surface area contributed by atoms with Crippen molar-refractivity contribution in [2.75, 3.05) is 18.0 Å². The summed E-state index contributed by atoms with van der Waals surface area (Å²) in [5.74, 6) is 0. The number of anilines is 1. The largest absolute Gasteiger partial charge is 0.371 e. The van der Waals surface area contributed by atoms with Crippen LogP contribution in [0.2, 0.25) is 0 Å². The van der Waals surface area contributed by atoms with Gasteiger partial charge in [-0.2, -0.15) is 0 Å². The van der Waals surface area contributed by atoms with E-state index in [1.807, 2.05) is 0 Å². The van der Waals surface area contributed by atoms with Crippen molar-refractivity contribution < 1.29 is 16.8 Å². The van der Waals surface area contributed by atoms with Crippen LogP contribution in [0, 0.1) is 0 Å². The van der Waals surface area contributed by atoms with Crippen LogP contribution in [0.3, 0.4) is 0 Å². The Morgan fingerprint density at radius 1 is 0.786 bits per heavy atom. The Labute approximate surface area is 173 Å². The maximum absolute atomic E-state index is 11.1. The molecule has 0 bridgehead atoms. The normalized spacial score (nSPS) is 15.6. The van der Waals surface area contributed by atoms with Crippen LogP contribution in [0.4, 0.5) is 5.69 Å². The summed E-state index contributed by atoms with van der Waals surface area (Å²) in [5, 5.41) is 9.91. The summed E-state index contributed by atoms with van der Waals surface area (Å²) in [6.45, 7) is 1.83. The van der Waals surface area contributed by atoms with Crippen molar-refractivity contribution in [1.29, 1.82) is 0 Å². The van der Waals surface area contributed by atoms with Gasteiger partial charge in [0.25, 0.3) is 0 Å². The van der Waals surface area contributed by atoms with E-state index in [0.717, 1.165) is 36.1 Å². The zero-order chi connectivity index (χ0) is 20.9. The lowest BCUT2D eigenvalue weighted by atomic mass is 10.1. The SMILES string of the molecule is NC1CCN(c2ccc(S(N)(=O)=O)cc2)CC1.NS(=O)(=O)c1ccc(Br)cc1. The highest BCUT2D eigenvalue weighted by Gasteiger charge is 2.16. The summed E-state index contributed by atoms with van der Waals surface area (Å²) < 4.78 is 44.5. The molecule has 0 spiro atoms. The van der Waals surface area contributed by atoms with E-state index in [4.69, 9.17) is 16.0 Å². The lowest BCUT2D eigenvalue weighted by Crippen LogP contribution is -2.39. The first kappa shape index (κ1) is 22.8. The molecule has 11 heteroatoms. The number of piperidine rings is 1. The van der Waals surface area contributed by atoms with E-state index in [0.29, 0.717) is 0 Å². The minimum Gasteiger partial charge on any atom is -0.371 e. The summed E-state index contributed by atoms with van der Waals surface area (Å²) in [6.07, 6.45) is 1.94. The molecular weight excluding hydrogens is 468 g/mol. The number of primary sulfonamides is 2. The van der Waals surface area contributed by atoms with Gasteiger partial charge in [-0.1, -0.05) is 15.9 Å². The number of halogens is 1. The molecule has 1 fully saturated rings. The third kappa shape index (κ3) is 6.83. The average molecular weight is 491 g/mol. The molecule has 0 radical (unpaired) electrons. The minimum atomic E-state index is -3.60. The van der Waals surface area contributed by atoms with Crippen LogP contribution in [0.15, 0.2) is 62.8 Å². The third-order valence-electron chi connectivity index (χ3n) is 4.21. The fraction of sp³-hybridized carbons (Fsp3) is 0.294. The van der Waals surface area contributed by atoms with Crippen molar-refractivity contribution in [2.24, 2.45) is 16.0 Å². The van der Waals surface area contributed by atoms with Crippen molar-refractivity contribution in [1.82, 2.24) is 0 Å². The summed E-state index contributed by atoms with van der Waals surface area (Å²) in [6, 6.07) is 13.1. The van der Waals surface area contributed by atoms with Gasteiger partial charge in [0.05, 0.1) is 9.79 Å². The van der Waals surface area contributed by atoms with Gasteiger partial charge in [-0.25, -0.2) is 27.1 Å². The van der Waals surface area contributed by atoms with Gasteiger partial charge in [0.15, 0.2) is 0 Å². The summed E-state index contributed by atoms with van der Waals surface area (Å²) >= 11 is 3.18. The first-order valence-corrected chi connectivity index (χ1v) is 12.3. The molecule has 154 valence electrons. The quantitative estimate of drug-likeness (QED) is 0.590. The summed E-state index contributed by atoms with van der Waals surface area (Å²) in [7, 11) is -7.14. The first-order valence-electron chi connectivity index (χ1n) is 8.38. The number of nitrogens with two attached hydrogens (primary N) is 3. The molecule has 1 heterocycles. The third-order valence-corrected chi connectivity index (χ3v) is 6.60. The molecule has 1 aliphatic rings. The van der Waals surface area contributed by atoms with Crippen molar-refractivity contribution in [3.05, 3.63) is 53.0 Å². The van der Waals surface area contributed by atoms with E-state index in [1.54, 1.807) is 36.4 Å². The van der Waals surface area contributed by atoms with Crippen LogP contribution in [-0.4, -0.2) is 36.0 Å². The van der Waals surface area contributed by atoms with Crippen LogP contribution in [-0.2, 0) is 20.0 Å². The zero-order valence-corrected chi connectivity index (χ0v) is 18.3. The first-order chi connectivity index (χ1) is 13.0. The Morgan fingerprint density at radius 2 is 1.18 bits per heavy atom. The van der Waals surface area contributed by atoms with Crippen molar-refractivity contribution >= 4 is 41.7 Å². The minimum absolute atomic E-state index is 0.126. The monoisotopic (exact) mass is 490 g/mol.